The van der Waals surface area contributed by atoms with Crippen molar-refractivity contribution in [1.29, 1.82) is 0 Å². The molecule has 3 rings (SSSR count). The average molecular weight is 732 g/mol. The highest BCUT2D eigenvalue weighted by Gasteiger charge is 2.81. The van der Waals surface area contributed by atoms with Crippen LogP contribution in [0.2, 0.25) is 0 Å². The monoisotopic (exact) mass is 732 g/mol. The number of alkyl halides is 10. The summed E-state index contributed by atoms with van der Waals surface area (Å²) in [6.07, 6.45) is -9.97. The van der Waals surface area contributed by atoms with Crippen molar-refractivity contribution in [2.75, 3.05) is 46.2 Å². The lowest BCUT2D eigenvalue weighted by atomic mass is 10.00. The lowest BCUT2D eigenvalue weighted by molar-refractivity contribution is -0.396. The number of benzene rings is 2. The maximum absolute atomic E-state index is 14.1. The van der Waals surface area contributed by atoms with E-state index in [1.54, 1.807) is 48.5 Å². The van der Waals surface area contributed by atoms with Crippen molar-refractivity contribution in [1.82, 2.24) is 0 Å². The summed E-state index contributed by atoms with van der Waals surface area (Å²) in [6, 6.07) is 13.0. The van der Waals surface area contributed by atoms with Crippen LogP contribution in [-0.2, 0) is 9.47 Å². The molecular weight excluding hydrogens is 706 g/mol. The van der Waals surface area contributed by atoms with Crippen molar-refractivity contribution in [3.63, 3.8) is 0 Å². The van der Waals surface area contributed by atoms with Gasteiger partial charge in [0.25, 0.3) is 0 Å². The molecule has 0 amide bonds. The third-order valence-corrected chi connectivity index (χ3v) is 6.52. The van der Waals surface area contributed by atoms with E-state index in [4.69, 9.17) is 28.4 Å². The van der Waals surface area contributed by atoms with E-state index >= 15 is 0 Å². The van der Waals surface area contributed by atoms with Gasteiger partial charge < -0.3 is 28.4 Å². The summed E-state index contributed by atoms with van der Waals surface area (Å²) < 4.78 is 152. The minimum Gasteiger partial charge on any atom is -0.487 e. The van der Waals surface area contributed by atoms with Crippen molar-refractivity contribution in [3.05, 3.63) is 48.5 Å². The summed E-state index contributed by atoms with van der Waals surface area (Å²) >= 11 is 1.21. The maximum Gasteiger partial charge on any atom is 0.460 e. The van der Waals surface area contributed by atoms with Gasteiger partial charge in [0.15, 0.2) is 23.0 Å². The van der Waals surface area contributed by atoms with Gasteiger partial charge in [0.2, 0.25) is 0 Å². The van der Waals surface area contributed by atoms with Crippen LogP contribution in [0.3, 0.4) is 0 Å². The van der Waals surface area contributed by atoms with Crippen LogP contribution in [0.1, 0.15) is 6.42 Å². The van der Waals surface area contributed by atoms with Crippen molar-refractivity contribution < 1.29 is 67.9 Å². The fraction of sp³-hybridized carbons (Fsp3) is 0.538. The molecule has 0 aliphatic carbocycles. The quantitative estimate of drug-likeness (QED) is 0.174. The zero-order valence-corrected chi connectivity index (χ0v) is 23.8. The highest BCUT2D eigenvalue weighted by molar-refractivity contribution is 14.1. The predicted octanol–water partition coefficient (Wildman–Crippen LogP) is 6.98. The van der Waals surface area contributed by atoms with E-state index in [2.05, 4.69) is 0 Å². The molecule has 0 saturated heterocycles. The van der Waals surface area contributed by atoms with Gasteiger partial charge in [-0.05, 0) is 24.3 Å². The predicted molar refractivity (Wildman–Crippen MR) is 139 cm³/mol. The highest BCUT2D eigenvalue weighted by Crippen LogP contribution is 2.54. The standard InChI is InChI=1S/C26H26F9IO6/c27-23(28,24(29,30)25(31,32)26(33,34)35)13-17(36)14-40-18-15-41-21-7-3-1-5-19(21)38-11-9-37-10-12-39-20-6-2-4-8-22(20)42-16-18/h1-8,17-18H,9-16H2. The van der Waals surface area contributed by atoms with E-state index in [1.165, 1.54) is 22.6 Å². The van der Waals surface area contributed by atoms with Gasteiger partial charge in [-0.25, -0.2) is 0 Å². The first-order chi connectivity index (χ1) is 19.7. The van der Waals surface area contributed by atoms with E-state index in [-0.39, 0.29) is 51.1 Å². The summed E-state index contributed by atoms with van der Waals surface area (Å²) in [4.78, 5) is 0. The molecule has 2 aromatic rings. The average Bonchev–Trinajstić information content (AvgIpc) is 2.91. The summed E-state index contributed by atoms with van der Waals surface area (Å²) in [7, 11) is 0. The minimum atomic E-state index is -6.96. The Labute approximate surface area is 248 Å². The molecule has 2 aromatic carbocycles. The smallest absolute Gasteiger partial charge is 0.460 e. The molecule has 0 N–H and O–H groups in total. The van der Waals surface area contributed by atoms with Crippen molar-refractivity contribution in [2.45, 2.75) is 40.4 Å². The molecule has 0 fully saturated rings. The van der Waals surface area contributed by atoms with Gasteiger partial charge in [-0.1, -0.05) is 46.9 Å². The number of ether oxygens (including phenoxy) is 6. The lowest BCUT2D eigenvalue weighted by Crippen LogP contribution is -2.61. The largest absolute Gasteiger partial charge is 0.487 e. The number of fused-ring (bicyclic) bond motifs is 2. The van der Waals surface area contributed by atoms with Gasteiger partial charge in [0.05, 0.1) is 19.8 Å². The number of halogens is 10. The van der Waals surface area contributed by atoms with Crippen molar-refractivity contribution >= 4 is 22.6 Å². The van der Waals surface area contributed by atoms with E-state index in [0.29, 0.717) is 11.5 Å². The minimum absolute atomic E-state index is 0.169. The molecule has 0 bridgehead atoms. The lowest BCUT2D eigenvalue weighted by Gasteiger charge is -2.34. The third-order valence-electron chi connectivity index (χ3n) is 5.72. The zero-order chi connectivity index (χ0) is 31.0. The molecule has 42 heavy (non-hydrogen) atoms. The Kier molecular flexibility index (Phi) is 11.7. The fourth-order valence-corrected chi connectivity index (χ4v) is 4.28. The number of hydrogen-bond acceptors (Lipinski definition) is 6. The van der Waals surface area contributed by atoms with E-state index < -0.39 is 47.0 Å². The van der Waals surface area contributed by atoms with Gasteiger partial charge in [-0.3, -0.25) is 0 Å². The molecule has 16 heteroatoms. The topological polar surface area (TPSA) is 55.4 Å². The van der Waals surface area contributed by atoms with Crippen molar-refractivity contribution in [2.24, 2.45) is 0 Å². The summed E-state index contributed by atoms with van der Waals surface area (Å²) in [5, 5.41) is 0. The van der Waals surface area contributed by atoms with Gasteiger partial charge in [0.1, 0.15) is 32.5 Å². The Morgan fingerprint density at radius 3 is 1.52 bits per heavy atom. The van der Waals surface area contributed by atoms with Crippen LogP contribution in [0.15, 0.2) is 48.5 Å². The summed E-state index contributed by atoms with van der Waals surface area (Å²) in [6.45, 7) is -0.487. The Morgan fingerprint density at radius 1 is 0.667 bits per heavy atom. The first-order valence-electron chi connectivity index (χ1n) is 12.4. The molecule has 1 atom stereocenters. The second kappa shape index (κ2) is 14.4. The number of hydrogen-bond donors (Lipinski definition) is 0. The summed E-state index contributed by atoms with van der Waals surface area (Å²) in [5.41, 5.74) is 0. The molecule has 6 nitrogen and oxygen atoms in total. The number of para-hydroxylation sites is 4. The van der Waals surface area contributed by atoms with Gasteiger partial charge in [0, 0.05) is 10.3 Å². The number of rotatable bonds is 7. The molecule has 1 aliphatic heterocycles. The van der Waals surface area contributed by atoms with E-state index in [1.807, 2.05) is 0 Å². The molecule has 0 aromatic heterocycles. The molecule has 0 saturated carbocycles. The highest BCUT2D eigenvalue weighted by atomic mass is 127. The SMILES string of the molecule is FC(F)(F)C(F)(F)C(F)(F)C(F)(F)CC(I)COC1COc2ccccc2OCCOCCOc2ccccc2OC1. The first-order valence-corrected chi connectivity index (χ1v) is 13.6. The van der Waals surface area contributed by atoms with Crippen molar-refractivity contribution in [3.8, 4) is 23.0 Å². The van der Waals surface area contributed by atoms with E-state index in [9.17, 15) is 39.5 Å². The molecule has 0 spiro atoms. The Balaban J connectivity index is 1.74. The molecule has 0 radical (unpaired) electrons. The molecule has 1 heterocycles. The fourth-order valence-electron chi connectivity index (χ4n) is 3.52. The summed E-state index contributed by atoms with van der Waals surface area (Å²) in [5.74, 6) is -18.1. The van der Waals surface area contributed by atoms with Crippen LogP contribution in [0.25, 0.3) is 0 Å². The Morgan fingerprint density at radius 2 is 1.10 bits per heavy atom. The second-order valence-electron chi connectivity index (χ2n) is 8.93. The third kappa shape index (κ3) is 8.61. The van der Waals surface area contributed by atoms with Crippen LogP contribution in [-0.4, -0.2) is 80.2 Å². The van der Waals surface area contributed by atoms with Gasteiger partial charge in [-0.15, -0.1) is 0 Å². The Bertz CT molecular complexity index is 1080. The normalized spacial score (nSPS) is 17.5. The van der Waals surface area contributed by atoms with Crippen LogP contribution < -0.4 is 18.9 Å². The Hall–Kier alpha value is -2.34. The molecule has 1 aliphatic rings. The molecule has 236 valence electrons. The first kappa shape index (κ1) is 34.2. The van der Waals surface area contributed by atoms with Gasteiger partial charge in [-0.2, -0.15) is 39.5 Å². The van der Waals surface area contributed by atoms with Crippen LogP contribution in [0, 0.1) is 0 Å². The van der Waals surface area contributed by atoms with E-state index in [0.717, 1.165) is 0 Å². The molecular formula is C26H26F9IO6. The maximum atomic E-state index is 14.1. The van der Waals surface area contributed by atoms with Crippen LogP contribution in [0.4, 0.5) is 39.5 Å². The molecule has 1 unspecified atom stereocenters. The zero-order valence-electron chi connectivity index (χ0n) is 21.7. The van der Waals surface area contributed by atoms with Crippen LogP contribution in [0.5, 0.6) is 23.0 Å². The second-order valence-corrected chi connectivity index (χ2v) is 10.7. The van der Waals surface area contributed by atoms with Crippen LogP contribution >= 0.6 is 22.6 Å². The van der Waals surface area contributed by atoms with Gasteiger partial charge >= 0.3 is 23.9 Å².